The Bertz CT molecular complexity index is 2910. The lowest BCUT2D eigenvalue weighted by Crippen LogP contribution is -1.93. The van der Waals surface area contributed by atoms with Crippen LogP contribution in [-0.4, -0.2) is 4.57 Å². The molecule has 0 atom stereocenters. The minimum atomic E-state index is 1.07. The highest BCUT2D eigenvalue weighted by atomic mass is 15.0. The van der Waals surface area contributed by atoms with Gasteiger partial charge in [0.05, 0.1) is 11.0 Å². The van der Waals surface area contributed by atoms with Crippen LogP contribution in [0.25, 0.3) is 83.1 Å². The molecule has 2 nitrogen and oxygen atoms in total. The van der Waals surface area contributed by atoms with Crippen LogP contribution >= 0.6 is 0 Å². The summed E-state index contributed by atoms with van der Waals surface area (Å²) in [5.74, 6) is 0. The van der Waals surface area contributed by atoms with Gasteiger partial charge in [-0.1, -0.05) is 170 Å². The summed E-state index contributed by atoms with van der Waals surface area (Å²) in [5.41, 5.74) is 17.8. The van der Waals surface area contributed by atoms with Gasteiger partial charge >= 0.3 is 0 Å². The van der Waals surface area contributed by atoms with Crippen molar-refractivity contribution in [3.05, 3.63) is 224 Å². The summed E-state index contributed by atoms with van der Waals surface area (Å²) in [6.07, 6.45) is 0. The van der Waals surface area contributed by atoms with Crippen LogP contribution in [0.3, 0.4) is 0 Å². The van der Waals surface area contributed by atoms with Gasteiger partial charge < -0.3 is 9.88 Å². The van der Waals surface area contributed by atoms with Crippen LogP contribution in [0.15, 0.2) is 224 Å². The summed E-state index contributed by atoms with van der Waals surface area (Å²) in [7, 11) is 0. The van der Waals surface area contributed by atoms with E-state index in [1.807, 2.05) is 6.07 Å². The molecule has 1 heterocycles. The summed E-state index contributed by atoms with van der Waals surface area (Å²) in [6, 6.07) is 80.6. The first-order valence-corrected chi connectivity index (χ1v) is 19.2. The number of aromatic nitrogens is 1. The Morgan fingerprint density at radius 1 is 0.250 bits per heavy atom. The van der Waals surface area contributed by atoms with Crippen molar-refractivity contribution in [1.82, 2.24) is 4.57 Å². The van der Waals surface area contributed by atoms with Crippen LogP contribution in [-0.2, 0) is 0 Å². The van der Waals surface area contributed by atoms with Crippen molar-refractivity contribution in [3.8, 4) is 61.3 Å². The number of hydrogen-bond donors (Lipinski definition) is 1. The Hall–Kier alpha value is -7.42. The molecule has 10 rings (SSSR count). The lowest BCUT2D eigenvalue weighted by atomic mass is 9.97. The van der Waals surface area contributed by atoms with E-state index in [4.69, 9.17) is 0 Å². The van der Waals surface area contributed by atoms with E-state index in [2.05, 4.69) is 228 Å². The van der Waals surface area contributed by atoms with E-state index in [9.17, 15) is 0 Å². The molecule has 10 aromatic rings. The number of benzene rings is 9. The maximum Gasteiger partial charge on any atom is 0.0541 e. The lowest BCUT2D eigenvalue weighted by molar-refractivity contribution is 1.18. The van der Waals surface area contributed by atoms with E-state index in [1.165, 1.54) is 77.4 Å². The van der Waals surface area contributed by atoms with Crippen molar-refractivity contribution >= 4 is 33.2 Å². The van der Waals surface area contributed by atoms with Crippen molar-refractivity contribution in [3.63, 3.8) is 0 Å². The topological polar surface area (TPSA) is 17.0 Å². The Morgan fingerprint density at radius 2 is 0.589 bits per heavy atom. The van der Waals surface area contributed by atoms with E-state index in [0.29, 0.717) is 0 Å². The summed E-state index contributed by atoms with van der Waals surface area (Å²) < 4.78 is 2.38. The summed E-state index contributed by atoms with van der Waals surface area (Å²) >= 11 is 0. The minimum absolute atomic E-state index is 1.07. The quantitative estimate of drug-likeness (QED) is 0.166. The van der Waals surface area contributed by atoms with E-state index in [0.717, 1.165) is 17.1 Å². The number of hydrogen-bond acceptors (Lipinski definition) is 1. The molecule has 2 heteroatoms. The van der Waals surface area contributed by atoms with Crippen molar-refractivity contribution in [2.75, 3.05) is 5.32 Å². The number of para-hydroxylation sites is 1. The van der Waals surface area contributed by atoms with Gasteiger partial charge in [-0.2, -0.15) is 0 Å². The second-order valence-electron chi connectivity index (χ2n) is 14.3. The molecule has 1 N–H and O–H groups in total. The molecule has 0 aliphatic carbocycles. The van der Waals surface area contributed by atoms with Crippen molar-refractivity contribution in [1.29, 1.82) is 0 Å². The maximum atomic E-state index is 3.54. The Balaban J connectivity index is 0.852. The molecular weight excluding hydrogens is 677 g/mol. The molecule has 0 radical (unpaired) electrons. The van der Waals surface area contributed by atoms with Crippen LogP contribution in [0, 0.1) is 0 Å². The molecule has 56 heavy (non-hydrogen) atoms. The van der Waals surface area contributed by atoms with Gasteiger partial charge in [-0.3, -0.25) is 0 Å². The minimum Gasteiger partial charge on any atom is -0.356 e. The van der Waals surface area contributed by atoms with Crippen LogP contribution in [0.5, 0.6) is 0 Å². The van der Waals surface area contributed by atoms with Crippen LogP contribution in [0.4, 0.5) is 11.4 Å². The zero-order valence-electron chi connectivity index (χ0n) is 30.8. The second kappa shape index (κ2) is 14.4. The molecule has 0 saturated heterocycles. The smallest absolute Gasteiger partial charge is 0.0541 e. The molecule has 0 spiro atoms. The standard InChI is InChI=1S/C54H38N2/c1-3-9-38(10-4-1)43-23-30-48(31-24-43)55-49-32-25-44(26-33-49)42-17-15-40(16-18-42)41-19-21-46(22-20-41)47-29-36-54-52(37-47)51-13-7-8-14-53(51)56(54)50-34-27-45(28-35-50)39-11-5-2-6-12-39/h1-37,55H. The zero-order chi connectivity index (χ0) is 37.3. The maximum absolute atomic E-state index is 3.54. The molecule has 0 bridgehead atoms. The number of nitrogens with zero attached hydrogens (tertiary/aromatic N) is 1. The molecule has 0 aliphatic heterocycles. The van der Waals surface area contributed by atoms with Gasteiger partial charge in [-0.25, -0.2) is 0 Å². The molecule has 0 amide bonds. The fraction of sp³-hybridized carbons (Fsp3) is 0. The largest absolute Gasteiger partial charge is 0.356 e. The SMILES string of the molecule is c1ccc(-c2ccc(Nc3ccc(-c4ccc(-c5ccc(-c6ccc7c(c6)c6ccccc6n7-c6ccc(-c7ccccc7)cc6)cc5)cc4)cc3)cc2)cc1. The molecule has 0 unspecified atom stereocenters. The molecule has 264 valence electrons. The van der Waals surface area contributed by atoms with E-state index in [1.54, 1.807) is 0 Å². The van der Waals surface area contributed by atoms with Crippen LogP contribution in [0.1, 0.15) is 0 Å². The summed E-state index contributed by atoms with van der Waals surface area (Å²) in [5, 5.41) is 6.05. The zero-order valence-corrected chi connectivity index (χ0v) is 30.8. The molecule has 1 aromatic heterocycles. The first kappa shape index (κ1) is 33.2. The van der Waals surface area contributed by atoms with Crippen molar-refractivity contribution in [2.24, 2.45) is 0 Å². The third-order valence-electron chi connectivity index (χ3n) is 10.8. The second-order valence-corrected chi connectivity index (χ2v) is 14.3. The number of nitrogens with one attached hydrogen (secondary N) is 1. The first-order chi connectivity index (χ1) is 27.7. The third kappa shape index (κ3) is 6.44. The number of fused-ring (bicyclic) bond motifs is 3. The average molecular weight is 715 g/mol. The molecule has 0 aliphatic rings. The molecular formula is C54H38N2. The van der Waals surface area contributed by atoms with Crippen molar-refractivity contribution < 1.29 is 0 Å². The Morgan fingerprint density at radius 3 is 1.07 bits per heavy atom. The van der Waals surface area contributed by atoms with E-state index in [-0.39, 0.29) is 0 Å². The summed E-state index contributed by atoms with van der Waals surface area (Å²) in [4.78, 5) is 0. The predicted molar refractivity (Wildman–Crippen MR) is 238 cm³/mol. The van der Waals surface area contributed by atoms with Crippen LogP contribution in [0.2, 0.25) is 0 Å². The molecule has 0 fully saturated rings. The first-order valence-electron chi connectivity index (χ1n) is 19.2. The van der Waals surface area contributed by atoms with Gasteiger partial charge in [0.15, 0.2) is 0 Å². The highest BCUT2D eigenvalue weighted by Crippen LogP contribution is 2.36. The fourth-order valence-corrected chi connectivity index (χ4v) is 7.86. The molecule has 0 saturated carbocycles. The van der Waals surface area contributed by atoms with Crippen LogP contribution < -0.4 is 5.32 Å². The average Bonchev–Trinajstić information content (AvgIpc) is 3.61. The monoisotopic (exact) mass is 714 g/mol. The highest BCUT2D eigenvalue weighted by molar-refractivity contribution is 6.10. The van der Waals surface area contributed by atoms with Gasteiger partial charge in [0, 0.05) is 27.8 Å². The van der Waals surface area contributed by atoms with E-state index >= 15 is 0 Å². The third-order valence-corrected chi connectivity index (χ3v) is 10.8. The number of rotatable bonds is 8. The normalized spacial score (nSPS) is 11.2. The van der Waals surface area contributed by atoms with Gasteiger partial charge in [0.25, 0.3) is 0 Å². The van der Waals surface area contributed by atoms with Gasteiger partial charge in [0.1, 0.15) is 0 Å². The van der Waals surface area contributed by atoms with Gasteiger partial charge in [-0.05, 0) is 110 Å². The Kier molecular flexibility index (Phi) is 8.55. The van der Waals surface area contributed by atoms with Gasteiger partial charge in [0.2, 0.25) is 0 Å². The summed E-state index contributed by atoms with van der Waals surface area (Å²) in [6.45, 7) is 0. The predicted octanol–water partition coefficient (Wildman–Crippen LogP) is 14.9. The van der Waals surface area contributed by atoms with Crippen molar-refractivity contribution in [2.45, 2.75) is 0 Å². The highest BCUT2D eigenvalue weighted by Gasteiger charge is 2.14. The van der Waals surface area contributed by atoms with E-state index < -0.39 is 0 Å². The number of anilines is 2. The van der Waals surface area contributed by atoms with Gasteiger partial charge in [-0.15, -0.1) is 0 Å². The lowest BCUT2D eigenvalue weighted by Gasteiger charge is -2.10. The molecule has 9 aromatic carbocycles. The Labute approximate surface area is 327 Å². The fourth-order valence-electron chi connectivity index (χ4n) is 7.86.